The van der Waals surface area contributed by atoms with Gasteiger partial charge < -0.3 is 15.4 Å². The molecule has 2 aromatic heterocycles. The molecule has 0 fully saturated rings. The van der Waals surface area contributed by atoms with E-state index >= 15 is 0 Å². The zero-order chi connectivity index (χ0) is 13.8. The number of carbonyl (C=O) groups excluding carboxylic acids is 1. The number of aromatic nitrogens is 2. The molecule has 2 rings (SSSR count). The quantitative estimate of drug-likeness (QED) is 0.751. The van der Waals surface area contributed by atoms with Crippen molar-refractivity contribution >= 4 is 17.6 Å². The van der Waals surface area contributed by atoms with Gasteiger partial charge in [0.25, 0.3) is 5.91 Å². The van der Waals surface area contributed by atoms with E-state index in [9.17, 15) is 14.4 Å². The highest BCUT2D eigenvalue weighted by molar-refractivity contribution is 6.07. The van der Waals surface area contributed by atoms with Gasteiger partial charge in [0.2, 0.25) is 0 Å². The molecular formula is C12H9N3O4. The Hall–Kier alpha value is -2.96. The van der Waals surface area contributed by atoms with Gasteiger partial charge in [-0.2, -0.15) is 0 Å². The van der Waals surface area contributed by atoms with E-state index in [1.54, 1.807) is 0 Å². The summed E-state index contributed by atoms with van der Waals surface area (Å²) in [6.45, 7) is 0. The number of pyridine rings is 2. The van der Waals surface area contributed by atoms with Crippen molar-refractivity contribution in [3.05, 3.63) is 58.3 Å². The molecule has 0 aromatic carbocycles. The second kappa shape index (κ2) is 5.13. The van der Waals surface area contributed by atoms with Crippen LogP contribution in [0.4, 0.5) is 5.69 Å². The van der Waals surface area contributed by atoms with Crippen LogP contribution in [0.1, 0.15) is 20.7 Å². The normalized spacial score (nSPS) is 9.89. The minimum Gasteiger partial charge on any atom is -0.478 e. The first-order valence-corrected chi connectivity index (χ1v) is 5.25. The molecule has 0 aliphatic carbocycles. The Balaban J connectivity index is 2.33. The SMILES string of the molecule is O=C(O)c1ccncc1NC(=O)c1c[nH]ccc1=O. The number of rotatable bonds is 3. The van der Waals surface area contributed by atoms with Crippen LogP contribution in [0.5, 0.6) is 0 Å². The van der Waals surface area contributed by atoms with Crippen LogP contribution in [0.15, 0.2) is 41.7 Å². The van der Waals surface area contributed by atoms with E-state index in [0.29, 0.717) is 0 Å². The van der Waals surface area contributed by atoms with Crippen molar-refractivity contribution in [3.8, 4) is 0 Å². The number of amides is 1. The maximum Gasteiger partial charge on any atom is 0.337 e. The molecular weight excluding hydrogens is 250 g/mol. The van der Waals surface area contributed by atoms with Crippen molar-refractivity contribution in [1.82, 2.24) is 9.97 Å². The summed E-state index contributed by atoms with van der Waals surface area (Å²) in [4.78, 5) is 40.6. The molecule has 0 radical (unpaired) electrons. The summed E-state index contributed by atoms with van der Waals surface area (Å²) < 4.78 is 0. The van der Waals surface area contributed by atoms with E-state index in [1.807, 2.05) is 0 Å². The van der Waals surface area contributed by atoms with Gasteiger partial charge in [-0.25, -0.2) is 4.79 Å². The van der Waals surface area contributed by atoms with Gasteiger partial charge in [0.1, 0.15) is 5.56 Å². The molecule has 0 bridgehead atoms. The van der Waals surface area contributed by atoms with Crippen LogP contribution < -0.4 is 10.7 Å². The molecule has 7 nitrogen and oxygen atoms in total. The fourth-order valence-electron chi connectivity index (χ4n) is 1.46. The molecule has 0 aliphatic heterocycles. The fraction of sp³-hybridized carbons (Fsp3) is 0. The van der Waals surface area contributed by atoms with E-state index < -0.39 is 17.3 Å². The monoisotopic (exact) mass is 259 g/mol. The summed E-state index contributed by atoms with van der Waals surface area (Å²) in [7, 11) is 0. The molecule has 2 heterocycles. The number of H-pyrrole nitrogens is 1. The molecule has 1 amide bonds. The lowest BCUT2D eigenvalue weighted by Gasteiger charge is -2.06. The molecule has 19 heavy (non-hydrogen) atoms. The van der Waals surface area contributed by atoms with Gasteiger partial charge in [0.15, 0.2) is 5.43 Å². The number of aromatic carboxylic acids is 1. The van der Waals surface area contributed by atoms with Crippen molar-refractivity contribution in [3.63, 3.8) is 0 Å². The van der Waals surface area contributed by atoms with Gasteiger partial charge in [0, 0.05) is 24.7 Å². The van der Waals surface area contributed by atoms with Crippen molar-refractivity contribution in [2.24, 2.45) is 0 Å². The number of nitrogens with zero attached hydrogens (tertiary/aromatic N) is 1. The maximum absolute atomic E-state index is 11.9. The summed E-state index contributed by atoms with van der Waals surface area (Å²) in [6, 6.07) is 2.46. The Kier molecular flexibility index (Phi) is 3.37. The lowest BCUT2D eigenvalue weighted by Crippen LogP contribution is -2.22. The fourth-order valence-corrected chi connectivity index (χ4v) is 1.46. The van der Waals surface area contributed by atoms with Crippen LogP contribution in [0.2, 0.25) is 0 Å². The lowest BCUT2D eigenvalue weighted by atomic mass is 10.2. The van der Waals surface area contributed by atoms with Gasteiger partial charge >= 0.3 is 5.97 Å². The van der Waals surface area contributed by atoms with Crippen LogP contribution in [-0.2, 0) is 0 Å². The van der Waals surface area contributed by atoms with Crippen LogP contribution >= 0.6 is 0 Å². The third-order valence-electron chi connectivity index (χ3n) is 2.37. The highest BCUT2D eigenvalue weighted by atomic mass is 16.4. The molecule has 7 heteroatoms. The Morgan fingerprint density at radius 1 is 1.26 bits per heavy atom. The first-order valence-electron chi connectivity index (χ1n) is 5.25. The van der Waals surface area contributed by atoms with Crippen LogP contribution in [0.3, 0.4) is 0 Å². The maximum atomic E-state index is 11.9. The van der Waals surface area contributed by atoms with Crippen molar-refractivity contribution < 1.29 is 14.7 Å². The van der Waals surface area contributed by atoms with Gasteiger partial charge in [-0.15, -0.1) is 0 Å². The molecule has 0 spiro atoms. The number of nitrogens with one attached hydrogen (secondary N) is 2. The van der Waals surface area contributed by atoms with Crippen molar-refractivity contribution in [2.45, 2.75) is 0 Å². The van der Waals surface area contributed by atoms with Gasteiger partial charge in [-0.05, 0) is 6.07 Å². The third-order valence-corrected chi connectivity index (χ3v) is 2.37. The van der Waals surface area contributed by atoms with E-state index in [-0.39, 0.29) is 16.8 Å². The number of anilines is 1. The first-order chi connectivity index (χ1) is 9.09. The summed E-state index contributed by atoms with van der Waals surface area (Å²) in [5.74, 6) is -1.89. The molecule has 3 N–H and O–H groups in total. The zero-order valence-electron chi connectivity index (χ0n) is 9.58. The average molecular weight is 259 g/mol. The summed E-state index contributed by atoms with van der Waals surface area (Å²) in [5, 5.41) is 11.3. The topological polar surface area (TPSA) is 112 Å². The third kappa shape index (κ3) is 2.65. The second-order valence-corrected chi connectivity index (χ2v) is 3.60. The predicted molar refractivity (Wildman–Crippen MR) is 66.2 cm³/mol. The molecule has 0 unspecified atom stereocenters. The Morgan fingerprint density at radius 2 is 2.05 bits per heavy atom. The smallest absolute Gasteiger partial charge is 0.337 e. The van der Waals surface area contributed by atoms with Crippen LogP contribution in [0.25, 0.3) is 0 Å². The predicted octanol–water partition coefficient (Wildman–Crippen LogP) is 0.720. The molecule has 0 atom stereocenters. The van der Waals surface area contributed by atoms with Gasteiger partial charge in [0.05, 0.1) is 17.4 Å². The number of aromatic amines is 1. The summed E-state index contributed by atoms with van der Waals surface area (Å²) in [6.07, 6.45) is 5.15. The standard InChI is InChI=1S/C12H9N3O4/c16-10-2-4-13-5-8(10)11(17)15-9-6-14-3-1-7(9)12(18)19/h1-6H,(H,13,16)(H,15,17)(H,18,19). The van der Waals surface area contributed by atoms with E-state index in [0.717, 1.165) is 0 Å². The number of carboxylic acid groups (broad SMARTS) is 1. The number of carbonyl (C=O) groups is 2. The summed E-state index contributed by atoms with van der Waals surface area (Å²) >= 11 is 0. The molecule has 96 valence electrons. The van der Waals surface area contributed by atoms with E-state index in [2.05, 4.69) is 15.3 Å². The van der Waals surface area contributed by atoms with E-state index in [1.165, 1.54) is 36.9 Å². The largest absolute Gasteiger partial charge is 0.478 e. The number of carboxylic acids is 1. The zero-order valence-corrected chi connectivity index (χ0v) is 9.58. The van der Waals surface area contributed by atoms with Crippen LogP contribution in [0, 0.1) is 0 Å². The summed E-state index contributed by atoms with van der Waals surface area (Å²) in [5.41, 5.74) is -0.640. The Morgan fingerprint density at radius 3 is 2.74 bits per heavy atom. The van der Waals surface area contributed by atoms with Crippen molar-refractivity contribution in [1.29, 1.82) is 0 Å². The molecule has 2 aromatic rings. The van der Waals surface area contributed by atoms with Crippen molar-refractivity contribution in [2.75, 3.05) is 5.32 Å². The highest BCUT2D eigenvalue weighted by Crippen LogP contribution is 2.13. The first kappa shape index (κ1) is 12.5. The van der Waals surface area contributed by atoms with Gasteiger partial charge in [-0.1, -0.05) is 0 Å². The Bertz CT molecular complexity index is 693. The second-order valence-electron chi connectivity index (χ2n) is 3.60. The highest BCUT2D eigenvalue weighted by Gasteiger charge is 2.15. The molecule has 0 saturated heterocycles. The minimum atomic E-state index is -1.19. The lowest BCUT2D eigenvalue weighted by molar-refractivity contribution is 0.0698. The number of hydrogen-bond acceptors (Lipinski definition) is 4. The molecule has 0 saturated carbocycles. The number of hydrogen-bond donors (Lipinski definition) is 3. The average Bonchev–Trinajstić information content (AvgIpc) is 2.39. The van der Waals surface area contributed by atoms with Crippen LogP contribution in [-0.4, -0.2) is 27.0 Å². The minimum absolute atomic E-state index is 0.0308. The van der Waals surface area contributed by atoms with Gasteiger partial charge in [-0.3, -0.25) is 14.6 Å². The van der Waals surface area contributed by atoms with E-state index in [4.69, 9.17) is 5.11 Å². The molecule has 0 aliphatic rings. The Labute approximate surface area is 106 Å².